The predicted molar refractivity (Wildman–Crippen MR) is 120 cm³/mol. The number of hydrogen-bond acceptors (Lipinski definition) is 6. The van der Waals surface area contributed by atoms with Gasteiger partial charge in [0.1, 0.15) is 5.75 Å². The zero-order valence-corrected chi connectivity index (χ0v) is 18.3. The lowest BCUT2D eigenvalue weighted by Crippen LogP contribution is -2.24. The van der Waals surface area contributed by atoms with Gasteiger partial charge in [-0.3, -0.25) is 4.79 Å². The number of benzene rings is 1. The summed E-state index contributed by atoms with van der Waals surface area (Å²) in [7, 11) is 1.68. The fraction of sp³-hybridized carbons (Fsp3) is 0.318. The Hall–Kier alpha value is -2.64. The van der Waals surface area contributed by atoms with Crippen LogP contribution < -0.4 is 14.5 Å². The number of amides is 1. The lowest BCUT2D eigenvalue weighted by Gasteiger charge is -2.23. The topological polar surface area (TPSA) is 58.6 Å². The van der Waals surface area contributed by atoms with Crippen LogP contribution in [-0.4, -0.2) is 36.1 Å². The highest BCUT2D eigenvalue weighted by Gasteiger charge is 2.32. The molecule has 4 heterocycles. The van der Waals surface area contributed by atoms with Crippen LogP contribution in [0.1, 0.15) is 28.6 Å². The molecule has 1 fully saturated rings. The summed E-state index contributed by atoms with van der Waals surface area (Å²) in [5, 5.41) is 0.492. The van der Waals surface area contributed by atoms with Gasteiger partial charge in [-0.2, -0.15) is 0 Å². The number of thiophene rings is 1. The van der Waals surface area contributed by atoms with E-state index >= 15 is 0 Å². The number of carbonyl (C=O) groups excluding carboxylic acids is 1. The average Bonchev–Trinajstić information content (AvgIpc) is 3.44. The van der Waals surface area contributed by atoms with Crippen molar-refractivity contribution in [3.8, 4) is 16.5 Å². The van der Waals surface area contributed by atoms with E-state index in [1.54, 1.807) is 24.4 Å². The van der Waals surface area contributed by atoms with Crippen LogP contribution in [0.4, 0.5) is 11.4 Å². The molecule has 5 rings (SSSR count). The van der Waals surface area contributed by atoms with Crippen LogP contribution in [0.5, 0.6) is 5.75 Å². The third-order valence-corrected chi connectivity index (χ3v) is 7.01. The lowest BCUT2D eigenvalue weighted by molar-refractivity contribution is 0.1000. The van der Waals surface area contributed by atoms with Crippen LogP contribution in [0.2, 0.25) is 5.02 Å². The number of rotatable bonds is 4. The van der Waals surface area contributed by atoms with E-state index in [0.29, 0.717) is 23.3 Å². The molecule has 0 radical (unpaired) electrons. The Balaban J connectivity index is 1.40. The molecule has 30 heavy (non-hydrogen) atoms. The minimum absolute atomic E-state index is 0.000175. The van der Waals surface area contributed by atoms with Gasteiger partial charge in [-0.05, 0) is 36.1 Å². The highest BCUT2D eigenvalue weighted by atomic mass is 35.5. The van der Waals surface area contributed by atoms with Gasteiger partial charge in [0.2, 0.25) is 0 Å². The zero-order chi connectivity index (χ0) is 20.8. The Morgan fingerprint density at radius 1 is 1.23 bits per heavy atom. The Kier molecular flexibility index (Phi) is 4.87. The summed E-state index contributed by atoms with van der Waals surface area (Å²) in [6.07, 6.45) is 4.32. The van der Waals surface area contributed by atoms with Crippen LogP contribution in [0.15, 0.2) is 36.7 Å². The number of methoxy groups -OCH3 is 1. The lowest BCUT2D eigenvalue weighted by atomic mass is 10.2. The number of aromatic nitrogens is 2. The maximum absolute atomic E-state index is 13.1. The van der Waals surface area contributed by atoms with E-state index in [0.717, 1.165) is 45.5 Å². The molecule has 0 aliphatic carbocycles. The van der Waals surface area contributed by atoms with E-state index in [2.05, 4.69) is 27.9 Å². The molecule has 0 N–H and O–H groups in total. The molecule has 0 unspecified atom stereocenters. The summed E-state index contributed by atoms with van der Waals surface area (Å²) in [5.41, 5.74) is 2.93. The van der Waals surface area contributed by atoms with Gasteiger partial charge in [-0.15, -0.1) is 11.3 Å². The van der Waals surface area contributed by atoms with E-state index in [-0.39, 0.29) is 5.91 Å². The summed E-state index contributed by atoms with van der Waals surface area (Å²) in [6, 6.07) is 8.05. The molecule has 1 saturated heterocycles. The SMILES string of the molecule is COc1cc(N2Cc3cc(-c4ncc(Cl)cn4)sc3C2=O)ccc1N1CC[C@@H](C)C1. The second-order valence-corrected chi connectivity index (χ2v) is 9.27. The van der Waals surface area contributed by atoms with Gasteiger partial charge in [-0.25, -0.2) is 9.97 Å². The Bertz CT molecular complexity index is 1110. The van der Waals surface area contributed by atoms with Crippen molar-refractivity contribution in [1.82, 2.24) is 9.97 Å². The van der Waals surface area contributed by atoms with Gasteiger partial charge in [0, 0.05) is 37.2 Å². The van der Waals surface area contributed by atoms with Crippen molar-refractivity contribution in [1.29, 1.82) is 0 Å². The third-order valence-electron chi connectivity index (χ3n) is 5.66. The van der Waals surface area contributed by atoms with Crippen molar-refractivity contribution >= 4 is 40.2 Å². The first-order valence-electron chi connectivity index (χ1n) is 9.89. The maximum atomic E-state index is 13.1. The molecule has 1 atom stereocenters. The average molecular weight is 441 g/mol. The largest absolute Gasteiger partial charge is 0.495 e. The number of fused-ring (bicyclic) bond motifs is 1. The minimum Gasteiger partial charge on any atom is -0.495 e. The molecule has 6 nitrogen and oxygen atoms in total. The Labute approximate surface area is 184 Å². The third kappa shape index (κ3) is 3.32. The van der Waals surface area contributed by atoms with Gasteiger partial charge in [0.15, 0.2) is 5.82 Å². The molecule has 8 heteroatoms. The van der Waals surface area contributed by atoms with Crippen LogP contribution in [0.3, 0.4) is 0 Å². The number of anilines is 2. The van der Waals surface area contributed by atoms with Crippen LogP contribution >= 0.6 is 22.9 Å². The minimum atomic E-state index is -0.000175. The first-order valence-corrected chi connectivity index (χ1v) is 11.1. The molecule has 0 bridgehead atoms. The Morgan fingerprint density at radius 3 is 2.70 bits per heavy atom. The first-order chi connectivity index (χ1) is 14.5. The van der Waals surface area contributed by atoms with E-state index in [4.69, 9.17) is 16.3 Å². The van der Waals surface area contributed by atoms with Crippen molar-refractivity contribution < 1.29 is 9.53 Å². The molecule has 1 aromatic carbocycles. The molecule has 2 aromatic heterocycles. The normalized spacial score (nSPS) is 18.2. The van der Waals surface area contributed by atoms with Crippen molar-refractivity contribution in [2.75, 3.05) is 30.0 Å². The van der Waals surface area contributed by atoms with E-state index < -0.39 is 0 Å². The van der Waals surface area contributed by atoms with Crippen LogP contribution in [0, 0.1) is 5.92 Å². The van der Waals surface area contributed by atoms with Crippen LogP contribution in [-0.2, 0) is 6.54 Å². The number of halogens is 1. The first kappa shape index (κ1) is 19.3. The number of nitrogens with zero attached hydrogens (tertiary/aromatic N) is 4. The zero-order valence-electron chi connectivity index (χ0n) is 16.8. The van der Waals surface area contributed by atoms with Crippen LogP contribution in [0.25, 0.3) is 10.7 Å². The predicted octanol–water partition coefficient (Wildman–Crippen LogP) is 4.87. The summed E-state index contributed by atoms with van der Waals surface area (Å²) >= 11 is 7.30. The molecular formula is C22H21ClN4O2S. The molecular weight excluding hydrogens is 420 g/mol. The molecule has 3 aromatic rings. The van der Waals surface area contributed by atoms with Gasteiger partial charge in [-0.1, -0.05) is 18.5 Å². The monoisotopic (exact) mass is 440 g/mol. The molecule has 1 amide bonds. The Morgan fingerprint density at radius 2 is 2.03 bits per heavy atom. The number of hydrogen-bond donors (Lipinski definition) is 0. The summed E-state index contributed by atoms with van der Waals surface area (Å²) in [6.45, 7) is 4.87. The van der Waals surface area contributed by atoms with Gasteiger partial charge in [0.05, 0.1) is 34.1 Å². The van der Waals surface area contributed by atoms with E-state index in [1.165, 1.54) is 17.8 Å². The molecule has 0 spiro atoms. The highest BCUT2D eigenvalue weighted by molar-refractivity contribution is 7.17. The van der Waals surface area contributed by atoms with Crippen molar-refractivity contribution in [3.63, 3.8) is 0 Å². The van der Waals surface area contributed by atoms with Crippen molar-refractivity contribution in [2.24, 2.45) is 5.92 Å². The van der Waals surface area contributed by atoms with Crippen molar-refractivity contribution in [3.05, 3.63) is 52.1 Å². The molecule has 2 aliphatic rings. The van der Waals surface area contributed by atoms with E-state index in [9.17, 15) is 4.79 Å². The molecule has 0 saturated carbocycles. The fourth-order valence-electron chi connectivity index (χ4n) is 4.10. The molecule has 154 valence electrons. The van der Waals surface area contributed by atoms with Crippen molar-refractivity contribution in [2.45, 2.75) is 19.9 Å². The number of ether oxygens (including phenoxy) is 1. The van der Waals surface area contributed by atoms with Gasteiger partial charge < -0.3 is 14.5 Å². The smallest absolute Gasteiger partial charge is 0.269 e. The second kappa shape index (κ2) is 7.56. The standard InChI is InChI=1S/C22H21ClN4O2S/c1-13-5-6-26(11-13)17-4-3-16(8-18(17)29-2)27-12-14-7-19(30-20(14)22(27)28)21-24-9-15(23)10-25-21/h3-4,7-10,13H,5-6,11-12H2,1-2H3/t13-/m1/s1. The quantitative estimate of drug-likeness (QED) is 0.579. The summed E-state index contributed by atoms with van der Waals surface area (Å²) in [5.74, 6) is 2.08. The number of carbonyl (C=O) groups is 1. The maximum Gasteiger partial charge on any atom is 0.269 e. The summed E-state index contributed by atoms with van der Waals surface area (Å²) in [4.78, 5) is 27.4. The van der Waals surface area contributed by atoms with Gasteiger partial charge >= 0.3 is 0 Å². The second-order valence-electron chi connectivity index (χ2n) is 7.78. The fourth-order valence-corrected chi connectivity index (χ4v) is 5.27. The molecule has 2 aliphatic heterocycles. The van der Waals surface area contributed by atoms with E-state index in [1.807, 2.05) is 18.2 Å². The highest BCUT2D eigenvalue weighted by Crippen LogP contribution is 2.40. The summed E-state index contributed by atoms with van der Waals surface area (Å²) < 4.78 is 5.67. The van der Waals surface area contributed by atoms with Gasteiger partial charge in [0.25, 0.3) is 5.91 Å².